The number of hydrogen-bond acceptors (Lipinski definition) is 7. The van der Waals surface area contributed by atoms with Gasteiger partial charge in [0.15, 0.2) is 0 Å². The van der Waals surface area contributed by atoms with Crippen LogP contribution in [-0.4, -0.2) is 60.9 Å². The van der Waals surface area contributed by atoms with Crippen molar-refractivity contribution >= 4 is 46.7 Å². The number of hydrogen-bond donors (Lipinski definition) is 4. The number of carbonyl (C=O) groups is 5. The standard InChI is InChI=1S/C42H42N6O6/c43-24-7-25-46(41(53)33-16-22-36(23-17-33)47(38(49)26-44)28-30-8-3-1-4-9-30)35-20-14-34(15-21-35)42(54)48(29-31-10-5-2-6-11-31)37-18-12-32(13-19-37)40(52)45-27-39(50)51/h1-6,8-23H,7,24-29,43-44H2,(H,45,52)(H,50,51). The van der Waals surface area contributed by atoms with E-state index in [2.05, 4.69) is 5.32 Å². The van der Waals surface area contributed by atoms with Gasteiger partial charge < -0.3 is 36.6 Å². The van der Waals surface area contributed by atoms with E-state index in [1.807, 2.05) is 60.7 Å². The fraction of sp³-hybridized carbons (Fsp3) is 0.167. The van der Waals surface area contributed by atoms with Crippen LogP contribution in [0, 0.1) is 0 Å². The van der Waals surface area contributed by atoms with Gasteiger partial charge in [0.2, 0.25) is 5.91 Å². The van der Waals surface area contributed by atoms with Gasteiger partial charge in [-0.05, 0) is 96.9 Å². The third-order valence-electron chi connectivity index (χ3n) is 8.61. The topological polar surface area (TPSA) is 179 Å². The van der Waals surface area contributed by atoms with Gasteiger partial charge in [0.05, 0.1) is 19.6 Å². The van der Waals surface area contributed by atoms with Crippen molar-refractivity contribution in [3.8, 4) is 0 Å². The molecule has 5 aromatic rings. The van der Waals surface area contributed by atoms with Crippen LogP contribution in [0.15, 0.2) is 133 Å². The zero-order valence-corrected chi connectivity index (χ0v) is 29.6. The molecule has 5 rings (SSSR count). The molecular formula is C42H42N6O6. The lowest BCUT2D eigenvalue weighted by Gasteiger charge is -2.26. The second kappa shape index (κ2) is 18.7. The molecule has 0 radical (unpaired) electrons. The minimum atomic E-state index is -1.16. The van der Waals surface area contributed by atoms with E-state index in [1.165, 1.54) is 12.1 Å². The van der Waals surface area contributed by atoms with Gasteiger partial charge in [-0.3, -0.25) is 24.0 Å². The second-order valence-corrected chi connectivity index (χ2v) is 12.4. The second-order valence-electron chi connectivity index (χ2n) is 12.4. The van der Waals surface area contributed by atoms with Crippen molar-refractivity contribution in [2.75, 3.05) is 40.9 Å². The number of rotatable bonds is 16. The molecular weight excluding hydrogens is 684 g/mol. The lowest BCUT2D eigenvalue weighted by Crippen LogP contribution is -2.36. The molecule has 0 aliphatic rings. The molecule has 0 aliphatic heterocycles. The molecule has 0 saturated carbocycles. The smallest absolute Gasteiger partial charge is 0.322 e. The minimum absolute atomic E-state index is 0.163. The number of benzene rings is 5. The van der Waals surface area contributed by atoms with Crippen LogP contribution in [0.25, 0.3) is 0 Å². The molecule has 0 fully saturated rings. The molecule has 12 heteroatoms. The average molecular weight is 727 g/mol. The highest BCUT2D eigenvalue weighted by Crippen LogP contribution is 2.25. The Kier molecular flexibility index (Phi) is 13.4. The Hall–Kier alpha value is -6.63. The number of aliphatic carboxylic acids is 1. The predicted octanol–water partition coefficient (Wildman–Crippen LogP) is 4.84. The largest absolute Gasteiger partial charge is 0.480 e. The van der Waals surface area contributed by atoms with E-state index < -0.39 is 18.4 Å². The maximum atomic E-state index is 14.1. The summed E-state index contributed by atoms with van der Waals surface area (Å²) in [5.74, 6) is -2.54. The summed E-state index contributed by atoms with van der Waals surface area (Å²) in [6.07, 6.45) is 0.537. The number of amides is 4. The van der Waals surface area contributed by atoms with Crippen LogP contribution >= 0.6 is 0 Å². The van der Waals surface area contributed by atoms with Gasteiger partial charge in [0.25, 0.3) is 17.7 Å². The Morgan fingerprint density at radius 2 is 0.963 bits per heavy atom. The summed E-state index contributed by atoms with van der Waals surface area (Å²) in [7, 11) is 0. The lowest BCUT2D eigenvalue weighted by atomic mass is 10.1. The van der Waals surface area contributed by atoms with E-state index in [0.29, 0.717) is 54.2 Å². The van der Waals surface area contributed by atoms with Crippen molar-refractivity contribution in [2.24, 2.45) is 11.5 Å². The van der Waals surface area contributed by atoms with Crippen molar-refractivity contribution in [1.82, 2.24) is 5.32 Å². The molecule has 0 spiro atoms. The Bertz CT molecular complexity index is 2040. The SMILES string of the molecule is NCCCN(C(=O)c1ccc(N(Cc2ccccc2)C(=O)CN)cc1)c1ccc(C(=O)N(Cc2ccccc2)c2ccc(C(=O)NCC(=O)O)cc2)cc1. The van der Waals surface area contributed by atoms with Crippen LogP contribution in [0.4, 0.5) is 17.1 Å². The van der Waals surface area contributed by atoms with Crippen molar-refractivity contribution < 1.29 is 29.1 Å². The van der Waals surface area contributed by atoms with Crippen molar-refractivity contribution in [3.05, 3.63) is 161 Å². The van der Waals surface area contributed by atoms with E-state index in [-0.39, 0.29) is 36.4 Å². The van der Waals surface area contributed by atoms with Crippen LogP contribution in [-0.2, 0) is 22.7 Å². The van der Waals surface area contributed by atoms with Gasteiger partial charge in [-0.15, -0.1) is 0 Å². The molecule has 6 N–H and O–H groups in total. The normalized spacial score (nSPS) is 10.6. The first-order valence-electron chi connectivity index (χ1n) is 17.4. The van der Waals surface area contributed by atoms with Gasteiger partial charge >= 0.3 is 5.97 Å². The number of nitrogens with two attached hydrogens (primary N) is 2. The molecule has 0 saturated heterocycles. The average Bonchev–Trinajstić information content (AvgIpc) is 3.21. The molecule has 0 atom stereocenters. The van der Waals surface area contributed by atoms with Gasteiger partial charge in [-0.1, -0.05) is 60.7 Å². The molecule has 5 aromatic carbocycles. The minimum Gasteiger partial charge on any atom is -0.480 e. The summed E-state index contributed by atoms with van der Waals surface area (Å²) in [4.78, 5) is 68.8. The first-order chi connectivity index (χ1) is 26.2. The van der Waals surface area contributed by atoms with Gasteiger partial charge in [0, 0.05) is 40.3 Å². The molecule has 0 heterocycles. The molecule has 0 bridgehead atoms. The monoisotopic (exact) mass is 726 g/mol. The zero-order chi connectivity index (χ0) is 38.5. The maximum Gasteiger partial charge on any atom is 0.322 e. The maximum absolute atomic E-state index is 14.1. The Labute approximate surface area is 313 Å². The summed E-state index contributed by atoms with van der Waals surface area (Å²) in [6, 6.07) is 38.9. The molecule has 0 aliphatic carbocycles. The predicted molar refractivity (Wildman–Crippen MR) is 208 cm³/mol. The highest BCUT2D eigenvalue weighted by atomic mass is 16.4. The van der Waals surface area contributed by atoms with E-state index in [1.54, 1.807) is 75.4 Å². The number of anilines is 3. The number of carbonyl (C=O) groups excluding carboxylic acids is 4. The Balaban J connectivity index is 1.37. The summed E-state index contributed by atoms with van der Waals surface area (Å²) in [6.45, 7) is 0.596. The third kappa shape index (κ3) is 10.0. The van der Waals surface area contributed by atoms with E-state index in [9.17, 15) is 24.0 Å². The highest BCUT2D eigenvalue weighted by molar-refractivity contribution is 6.08. The molecule has 4 amide bonds. The van der Waals surface area contributed by atoms with E-state index in [0.717, 1.165) is 11.1 Å². The van der Waals surface area contributed by atoms with Crippen molar-refractivity contribution in [1.29, 1.82) is 0 Å². The van der Waals surface area contributed by atoms with Crippen molar-refractivity contribution in [3.63, 3.8) is 0 Å². The molecule has 0 unspecified atom stereocenters. The lowest BCUT2D eigenvalue weighted by molar-refractivity contribution is -0.135. The number of carboxylic acid groups (broad SMARTS) is 1. The zero-order valence-electron chi connectivity index (χ0n) is 29.6. The van der Waals surface area contributed by atoms with Crippen molar-refractivity contribution in [2.45, 2.75) is 19.5 Å². The van der Waals surface area contributed by atoms with Crippen LogP contribution < -0.4 is 31.5 Å². The first kappa shape index (κ1) is 38.6. The number of nitrogens with one attached hydrogen (secondary N) is 1. The van der Waals surface area contributed by atoms with Crippen LogP contribution in [0.3, 0.4) is 0 Å². The Morgan fingerprint density at radius 3 is 1.43 bits per heavy atom. The summed E-state index contributed by atoms with van der Waals surface area (Å²) in [5.41, 5.74) is 16.1. The van der Waals surface area contributed by atoms with Crippen LogP contribution in [0.1, 0.15) is 48.6 Å². The Morgan fingerprint density at radius 1 is 0.537 bits per heavy atom. The summed E-state index contributed by atoms with van der Waals surface area (Å²) < 4.78 is 0. The fourth-order valence-corrected chi connectivity index (χ4v) is 5.77. The molecule has 54 heavy (non-hydrogen) atoms. The van der Waals surface area contributed by atoms with E-state index in [4.69, 9.17) is 16.6 Å². The quantitative estimate of drug-likeness (QED) is 0.112. The fourth-order valence-electron chi connectivity index (χ4n) is 5.77. The van der Waals surface area contributed by atoms with Crippen LogP contribution in [0.5, 0.6) is 0 Å². The summed E-state index contributed by atoms with van der Waals surface area (Å²) in [5, 5.41) is 11.2. The third-order valence-corrected chi connectivity index (χ3v) is 8.61. The first-order valence-corrected chi connectivity index (χ1v) is 17.4. The van der Waals surface area contributed by atoms with Gasteiger partial charge in [-0.25, -0.2) is 0 Å². The van der Waals surface area contributed by atoms with Gasteiger partial charge in [0.1, 0.15) is 6.54 Å². The van der Waals surface area contributed by atoms with Crippen LogP contribution in [0.2, 0.25) is 0 Å². The number of carboxylic acids is 1. The number of nitrogens with zero attached hydrogens (tertiary/aromatic N) is 3. The van der Waals surface area contributed by atoms with Gasteiger partial charge in [-0.2, -0.15) is 0 Å². The highest BCUT2D eigenvalue weighted by Gasteiger charge is 2.23. The molecule has 276 valence electrons. The molecule has 12 nitrogen and oxygen atoms in total. The molecule has 0 aromatic heterocycles. The van der Waals surface area contributed by atoms with E-state index >= 15 is 0 Å². The summed E-state index contributed by atoms with van der Waals surface area (Å²) >= 11 is 0.